The van der Waals surface area contributed by atoms with E-state index in [0.29, 0.717) is 17.9 Å². The van der Waals surface area contributed by atoms with E-state index in [1.807, 2.05) is 12.1 Å². The molecule has 2 saturated carbocycles. The molecule has 0 spiro atoms. The van der Waals surface area contributed by atoms with Crippen molar-refractivity contribution in [3.63, 3.8) is 0 Å². The molecular weight excluding hydrogens is 250 g/mol. The van der Waals surface area contributed by atoms with Gasteiger partial charge in [0.15, 0.2) is 5.78 Å². The summed E-state index contributed by atoms with van der Waals surface area (Å²) >= 11 is 0. The maximum Gasteiger partial charge on any atom is 0.224 e. The minimum Gasteiger partial charge on any atom is -0.326 e. The number of rotatable bonds is 4. The van der Waals surface area contributed by atoms with Gasteiger partial charge in [-0.2, -0.15) is 0 Å². The predicted octanol–water partition coefficient (Wildman–Crippen LogP) is 3.65. The van der Waals surface area contributed by atoms with Crippen LogP contribution < -0.4 is 5.32 Å². The SMILES string of the molecule is CC(=O)c1cccc(NC(=O)C[C@H]2C[C@@H]3CC[C@@H]2C3)c1. The summed E-state index contributed by atoms with van der Waals surface area (Å²) < 4.78 is 0. The normalized spacial score (nSPS) is 27.6. The monoisotopic (exact) mass is 271 g/mol. The van der Waals surface area contributed by atoms with Gasteiger partial charge in [0.1, 0.15) is 0 Å². The van der Waals surface area contributed by atoms with Crippen molar-refractivity contribution in [2.24, 2.45) is 17.8 Å². The van der Waals surface area contributed by atoms with Gasteiger partial charge in [0.05, 0.1) is 0 Å². The van der Waals surface area contributed by atoms with Crippen LogP contribution >= 0.6 is 0 Å². The van der Waals surface area contributed by atoms with Crippen molar-refractivity contribution in [3.05, 3.63) is 29.8 Å². The topological polar surface area (TPSA) is 46.2 Å². The number of nitrogens with one attached hydrogen (secondary N) is 1. The van der Waals surface area contributed by atoms with Crippen molar-refractivity contribution in [1.82, 2.24) is 0 Å². The second-order valence-corrected chi connectivity index (χ2v) is 6.32. The highest BCUT2D eigenvalue weighted by atomic mass is 16.1. The highest BCUT2D eigenvalue weighted by Gasteiger charge is 2.40. The van der Waals surface area contributed by atoms with Crippen LogP contribution in [0.4, 0.5) is 5.69 Å². The summed E-state index contributed by atoms with van der Waals surface area (Å²) in [7, 11) is 0. The van der Waals surface area contributed by atoms with Gasteiger partial charge in [-0.3, -0.25) is 9.59 Å². The number of carbonyl (C=O) groups is 2. The molecule has 2 aliphatic carbocycles. The van der Waals surface area contributed by atoms with E-state index in [0.717, 1.165) is 17.5 Å². The van der Waals surface area contributed by atoms with E-state index in [-0.39, 0.29) is 11.7 Å². The minimum atomic E-state index is 0.0224. The quantitative estimate of drug-likeness (QED) is 0.850. The summed E-state index contributed by atoms with van der Waals surface area (Å²) in [5.41, 5.74) is 1.37. The Hall–Kier alpha value is -1.64. The molecule has 20 heavy (non-hydrogen) atoms. The van der Waals surface area contributed by atoms with Crippen LogP contribution in [0.25, 0.3) is 0 Å². The lowest BCUT2D eigenvalue weighted by Crippen LogP contribution is -2.20. The number of hydrogen-bond donors (Lipinski definition) is 1. The van der Waals surface area contributed by atoms with Crippen molar-refractivity contribution < 1.29 is 9.59 Å². The Morgan fingerprint density at radius 1 is 1.25 bits per heavy atom. The smallest absolute Gasteiger partial charge is 0.224 e. The zero-order valence-electron chi connectivity index (χ0n) is 11.9. The van der Waals surface area contributed by atoms with Gasteiger partial charge < -0.3 is 5.32 Å². The van der Waals surface area contributed by atoms with Crippen molar-refractivity contribution in [2.45, 2.75) is 39.0 Å². The second-order valence-electron chi connectivity index (χ2n) is 6.32. The van der Waals surface area contributed by atoms with E-state index in [1.54, 1.807) is 12.1 Å². The van der Waals surface area contributed by atoms with Crippen LogP contribution in [-0.4, -0.2) is 11.7 Å². The minimum absolute atomic E-state index is 0.0224. The Morgan fingerprint density at radius 3 is 2.75 bits per heavy atom. The molecule has 1 aromatic rings. The largest absolute Gasteiger partial charge is 0.326 e. The standard InChI is InChI=1S/C17H21NO2/c1-11(19)13-3-2-4-16(9-13)18-17(20)10-15-8-12-5-6-14(15)7-12/h2-4,9,12,14-15H,5-8,10H2,1H3,(H,18,20)/t12-,14-,15-/m1/s1. The third-order valence-corrected chi connectivity index (χ3v) is 4.88. The lowest BCUT2D eigenvalue weighted by atomic mass is 9.86. The predicted molar refractivity (Wildman–Crippen MR) is 78.6 cm³/mol. The summed E-state index contributed by atoms with van der Waals surface area (Å²) in [6, 6.07) is 7.17. The number of fused-ring (bicyclic) bond motifs is 2. The third-order valence-electron chi connectivity index (χ3n) is 4.88. The fraction of sp³-hybridized carbons (Fsp3) is 0.529. The fourth-order valence-electron chi connectivity index (χ4n) is 3.89. The van der Waals surface area contributed by atoms with Crippen LogP contribution in [0, 0.1) is 17.8 Å². The molecule has 3 rings (SSSR count). The number of benzene rings is 1. The molecule has 0 radical (unpaired) electrons. The first-order valence-corrected chi connectivity index (χ1v) is 7.52. The highest BCUT2D eigenvalue weighted by molar-refractivity contribution is 5.97. The third kappa shape index (κ3) is 2.77. The van der Waals surface area contributed by atoms with E-state index in [9.17, 15) is 9.59 Å². The first-order valence-electron chi connectivity index (χ1n) is 7.52. The molecule has 3 atom stereocenters. The Bertz CT molecular complexity index is 538. The van der Waals surface area contributed by atoms with Gasteiger partial charge in [0.2, 0.25) is 5.91 Å². The van der Waals surface area contributed by atoms with E-state index < -0.39 is 0 Å². The molecule has 0 unspecified atom stereocenters. The zero-order valence-corrected chi connectivity index (χ0v) is 11.9. The second kappa shape index (κ2) is 5.39. The molecule has 1 amide bonds. The summed E-state index contributed by atoms with van der Waals surface area (Å²) in [5, 5.41) is 2.93. The number of carbonyl (C=O) groups excluding carboxylic acids is 2. The molecule has 2 aliphatic rings. The number of Topliss-reactive ketones (excluding diaryl/α,β-unsaturated/α-hetero) is 1. The lowest BCUT2D eigenvalue weighted by molar-refractivity contribution is -0.117. The first-order chi connectivity index (χ1) is 9.61. The number of anilines is 1. The molecule has 0 heterocycles. The fourth-order valence-corrected chi connectivity index (χ4v) is 3.89. The van der Waals surface area contributed by atoms with Gasteiger partial charge in [-0.05, 0) is 56.1 Å². The van der Waals surface area contributed by atoms with Crippen LogP contribution in [0.15, 0.2) is 24.3 Å². The van der Waals surface area contributed by atoms with Gasteiger partial charge in [0.25, 0.3) is 0 Å². The Kier molecular flexibility index (Phi) is 3.60. The van der Waals surface area contributed by atoms with Gasteiger partial charge in [-0.25, -0.2) is 0 Å². The number of ketones is 1. The summed E-state index contributed by atoms with van der Waals surface area (Å²) in [4.78, 5) is 23.5. The van der Waals surface area contributed by atoms with Crippen LogP contribution in [-0.2, 0) is 4.79 Å². The molecule has 3 heteroatoms. The van der Waals surface area contributed by atoms with Crippen LogP contribution in [0.3, 0.4) is 0 Å². The van der Waals surface area contributed by atoms with Crippen LogP contribution in [0.2, 0.25) is 0 Å². The summed E-state index contributed by atoms with van der Waals surface area (Å²) in [5.74, 6) is 2.33. The Labute approximate surface area is 119 Å². The molecule has 0 aromatic heterocycles. The Morgan fingerprint density at radius 2 is 2.10 bits per heavy atom. The molecule has 2 fully saturated rings. The molecule has 1 N–H and O–H groups in total. The summed E-state index contributed by atoms with van der Waals surface area (Å²) in [6.45, 7) is 1.54. The average molecular weight is 271 g/mol. The molecule has 106 valence electrons. The molecule has 3 nitrogen and oxygen atoms in total. The number of hydrogen-bond acceptors (Lipinski definition) is 2. The number of amides is 1. The van der Waals surface area contributed by atoms with Gasteiger partial charge in [-0.15, -0.1) is 0 Å². The van der Waals surface area contributed by atoms with Crippen molar-refractivity contribution in [1.29, 1.82) is 0 Å². The molecule has 0 saturated heterocycles. The van der Waals surface area contributed by atoms with Gasteiger partial charge >= 0.3 is 0 Å². The first kappa shape index (κ1) is 13.3. The van der Waals surface area contributed by atoms with E-state index >= 15 is 0 Å². The van der Waals surface area contributed by atoms with E-state index in [1.165, 1.54) is 32.6 Å². The molecule has 2 bridgehead atoms. The maximum atomic E-state index is 12.1. The molecule has 0 aliphatic heterocycles. The molecule has 1 aromatic carbocycles. The zero-order chi connectivity index (χ0) is 14.1. The van der Waals surface area contributed by atoms with Crippen LogP contribution in [0.5, 0.6) is 0 Å². The summed E-state index contributed by atoms with van der Waals surface area (Å²) in [6.07, 6.45) is 5.86. The maximum absolute atomic E-state index is 12.1. The Balaban J connectivity index is 1.59. The van der Waals surface area contributed by atoms with Crippen LogP contribution in [0.1, 0.15) is 49.4 Å². The average Bonchev–Trinajstić information content (AvgIpc) is 3.01. The molecular formula is C17H21NO2. The van der Waals surface area contributed by atoms with Gasteiger partial charge in [0, 0.05) is 17.7 Å². The van der Waals surface area contributed by atoms with E-state index in [2.05, 4.69) is 5.32 Å². The van der Waals surface area contributed by atoms with Crippen molar-refractivity contribution >= 4 is 17.4 Å². The van der Waals surface area contributed by atoms with E-state index in [4.69, 9.17) is 0 Å². The van der Waals surface area contributed by atoms with Gasteiger partial charge in [-0.1, -0.05) is 18.6 Å². The highest BCUT2D eigenvalue weighted by Crippen LogP contribution is 2.49. The lowest BCUT2D eigenvalue weighted by Gasteiger charge is -2.20. The van der Waals surface area contributed by atoms with Crippen molar-refractivity contribution in [2.75, 3.05) is 5.32 Å². The van der Waals surface area contributed by atoms with Crippen molar-refractivity contribution in [3.8, 4) is 0 Å².